The lowest BCUT2D eigenvalue weighted by Crippen LogP contribution is -2.35. The number of hydrogen-bond donors (Lipinski definition) is 1. The molecule has 0 spiro atoms. The molecular weight excluding hydrogens is 240 g/mol. The molecule has 0 saturated carbocycles. The second-order valence-corrected chi connectivity index (χ2v) is 5.02. The third-order valence-electron chi connectivity index (χ3n) is 3.57. The van der Waals surface area contributed by atoms with Gasteiger partial charge in [-0.25, -0.2) is 0 Å². The molecule has 1 aromatic rings. The van der Waals surface area contributed by atoms with Gasteiger partial charge in [-0.2, -0.15) is 0 Å². The summed E-state index contributed by atoms with van der Waals surface area (Å²) >= 11 is 0. The van der Waals surface area contributed by atoms with E-state index in [2.05, 4.69) is 9.88 Å². The fourth-order valence-electron chi connectivity index (χ4n) is 2.34. The van der Waals surface area contributed by atoms with E-state index in [4.69, 9.17) is 5.73 Å². The van der Waals surface area contributed by atoms with Crippen molar-refractivity contribution in [2.75, 3.05) is 33.2 Å². The standard InChI is InChI=1S/C14H22N4O/c1-17(8-9-18-6-2-3-7-18)14(19)12-4-5-16-13(10-12)11-15/h4-5,10H,2-3,6-9,11,15H2,1H3. The Morgan fingerprint density at radius 1 is 1.47 bits per heavy atom. The Morgan fingerprint density at radius 2 is 2.21 bits per heavy atom. The van der Waals surface area contributed by atoms with Crippen molar-refractivity contribution in [1.29, 1.82) is 0 Å². The third kappa shape index (κ3) is 3.75. The molecule has 0 aromatic carbocycles. The van der Waals surface area contributed by atoms with E-state index in [0.29, 0.717) is 12.1 Å². The van der Waals surface area contributed by atoms with Crippen molar-refractivity contribution in [2.45, 2.75) is 19.4 Å². The van der Waals surface area contributed by atoms with Crippen LogP contribution in [0.25, 0.3) is 0 Å². The molecule has 1 aromatic heterocycles. The molecule has 1 aliphatic rings. The van der Waals surface area contributed by atoms with Crippen LogP contribution in [0.4, 0.5) is 0 Å². The Hall–Kier alpha value is -1.46. The minimum atomic E-state index is 0.0382. The third-order valence-corrected chi connectivity index (χ3v) is 3.57. The predicted octanol–water partition coefficient (Wildman–Crippen LogP) is 0.708. The van der Waals surface area contributed by atoms with E-state index in [1.807, 2.05) is 7.05 Å². The number of likely N-dealkylation sites (N-methyl/N-ethyl adjacent to an activating group) is 1. The van der Waals surface area contributed by atoms with Crippen LogP contribution in [-0.2, 0) is 6.54 Å². The van der Waals surface area contributed by atoms with Gasteiger partial charge in [-0.05, 0) is 38.1 Å². The fourth-order valence-corrected chi connectivity index (χ4v) is 2.34. The molecule has 5 heteroatoms. The first-order chi connectivity index (χ1) is 9.20. The quantitative estimate of drug-likeness (QED) is 0.849. The Bertz CT molecular complexity index is 429. The van der Waals surface area contributed by atoms with E-state index in [1.165, 1.54) is 12.8 Å². The van der Waals surface area contributed by atoms with Crippen molar-refractivity contribution >= 4 is 5.91 Å². The Balaban J connectivity index is 1.90. The summed E-state index contributed by atoms with van der Waals surface area (Å²) in [5.74, 6) is 0.0382. The van der Waals surface area contributed by atoms with Gasteiger partial charge in [0.2, 0.25) is 0 Å². The molecule has 0 atom stereocenters. The molecule has 1 saturated heterocycles. The second-order valence-electron chi connectivity index (χ2n) is 5.02. The molecule has 1 amide bonds. The molecule has 2 N–H and O–H groups in total. The highest BCUT2D eigenvalue weighted by atomic mass is 16.2. The first-order valence-corrected chi connectivity index (χ1v) is 6.83. The van der Waals surface area contributed by atoms with E-state index in [9.17, 15) is 4.79 Å². The van der Waals surface area contributed by atoms with Crippen molar-refractivity contribution in [3.8, 4) is 0 Å². The normalized spacial score (nSPS) is 15.7. The van der Waals surface area contributed by atoms with E-state index in [0.717, 1.165) is 31.9 Å². The van der Waals surface area contributed by atoms with Gasteiger partial charge in [-0.1, -0.05) is 0 Å². The van der Waals surface area contributed by atoms with E-state index in [-0.39, 0.29) is 5.91 Å². The highest BCUT2D eigenvalue weighted by Crippen LogP contribution is 2.08. The van der Waals surface area contributed by atoms with Gasteiger partial charge in [0, 0.05) is 38.4 Å². The smallest absolute Gasteiger partial charge is 0.253 e. The number of pyridine rings is 1. The maximum atomic E-state index is 12.3. The molecule has 5 nitrogen and oxygen atoms in total. The van der Waals surface area contributed by atoms with E-state index in [1.54, 1.807) is 23.2 Å². The van der Waals surface area contributed by atoms with Crippen molar-refractivity contribution in [1.82, 2.24) is 14.8 Å². The van der Waals surface area contributed by atoms with Crippen LogP contribution in [0.15, 0.2) is 18.3 Å². The van der Waals surface area contributed by atoms with E-state index >= 15 is 0 Å². The van der Waals surface area contributed by atoms with Crippen LogP contribution in [0.3, 0.4) is 0 Å². The zero-order valence-electron chi connectivity index (χ0n) is 11.5. The summed E-state index contributed by atoms with van der Waals surface area (Å²) < 4.78 is 0. The molecule has 19 heavy (non-hydrogen) atoms. The molecule has 2 heterocycles. The molecule has 1 aliphatic heterocycles. The topological polar surface area (TPSA) is 62.5 Å². The maximum absolute atomic E-state index is 12.3. The molecule has 2 rings (SSSR count). The van der Waals surface area contributed by atoms with Crippen LogP contribution in [0, 0.1) is 0 Å². The summed E-state index contributed by atoms with van der Waals surface area (Å²) in [6.45, 7) is 4.40. The van der Waals surface area contributed by atoms with Crippen LogP contribution in [0.5, 0.6) is 0 Å². The molecule has 104 valence electrons. The Labute approximate surface area is 114 Å². The van der Waals surface area contributed by atoms with Crippen molar-refractivity contribution < 1.29 is 4.79 Å². The second kappa shape index (κ2) is 6.63. The number of rotatable bonds is 5. The Morgan fingerprint density at radius 3 is 2.89 bits per heavy atom. The zero-order valence-corrected chi connectivity index (χ0v) is 11.5. The highest BCUT2D eigenvalue weighted by Gasteiger charge is 2.15. The fraction of sp³-hybridized carbons (Fsp3) is 0.571. The average Bonchev–Trinajstić information content (AvgIpc) is 2.97. The molecule has 1 fully saturated rings. The summed E-state index contributed by atoms with van der Waals surface area (Å²) in [5.41, 5.74) is 6.96. The lowest BCUT2D eigenvalue weighted by molar-refractivity contribution is 0.0782. The highest BCUT2D eigenvalue weighted by molar-refractivity contribution is 5.94. The maximum Gasteiger partial charge on any atom is 0.253 e. The zero-order chi connectivity index (χ0) is 13.7. The van der Waals surface area contributed by atoms with Gasteiger partial charge in [0.15, 0.2) is 0 Å². The lowest BCUT2D eigenvalue weighted by Gasteiger charge is -2.21. The summed E-state index contributed by atoms with van der Waals surface area (Å²) in [4.78, 5) is 20.5. The van der Waals surface area contributed by atoms with Crippen molar-refractivity contribution in [3.05, 3.63) is 29.6 Å². The van der Waals surface area contributed by atoms with Crippen LogP contribution in [0.2, 0.25) is 0 Å². The number of carbonyl (C=O) groups excluding carboxylic acids is 1. The minimum Gasteiger partial charge on any atom is -0.340 e. The number of amides is 1. The van der Waals surface area contributed by atoms with Crippen LogP contribution >= 0.6 is 0 Å². The number of likely N-dealkylation sites (tertiary alicyclic amines) is 1. The van der Waals surface area contributed by atoms with Crippen LogP contribution < -0.4 is 5.73 Å². The molecular formula is C14H22N4O. The predicted molar refractivity (Wildman–Crippen MR) is 74.8 cm³/mol. The summed E-state index contributed by atoms with van der Waals surface area (Å²) in [5, 5.41) is 0. The van der Waals surface area contributed by atoms with Gasteiger partial charge in [-0.3, -0.25) is 9.78 Å². The Kier molecular flexibility index (Phi) is 4.87. The van der Waals surface area contributed by atoms with Gasteiger partial charge in [0.05, 0.1) is 5.69 Å². The summed E-state index contributed by atoms with van der Waals surface area (Å²) in [7, 11) is 1.85. The molecule has 0 radical (unpaired) electrons. The number of aromatic nitrogens is 1. The summed E-state index contributed by atoms with van der Waals surface area (Å²) in [6.07, 6.45) is 4.20. The molecule has 0 bridgehead atoms. The van der Waals surface area contributed by atoms with Gasteiger partial charge >= 0.3 is 0 Å². The van der Waals surface area contributed by atoms with Gasteiger partial charge in [0.1, 0.15) is 0 Å². The van der Waals surface area contributed by atoms with Crippen LogP contribution in [-0.4, -0.2) is 53.9 Å². The number of hydrogen-bond acceptors (Lipinski definition) is 4. The van der Waals surface area contributed by atoms with Gasteiger partial charge in [-0.15, -0.1) is 0 Å². The number of nitrogens with zero attached hydrogens (tertiary/aromatic N) is 3. The SMILES string of the molecule is CN(CCN1CCCC1)C(=O)c1ccnc(CN)c1. The first-order valence-electron chi connectivity index (χ1n) is 6.83. The lowest BCUT2D eigenvalue weighted by atomic mass is 10.2. The average molecular weight is 262 g/mol. The number of carbonyl (C=O) groups is 1. The van der Waals surface area contributed by atoms with Gasteiger partial charge < -0.3 is 15.5 Å². The monoisotopic (exact) mass is 262 g/mol. The molecule has 0 unspecified atom stereocenters. The minimum absolute atomic E-state index is 0.0382. The van der Waals surface area contributed by atoms with Crippen molar-refractivity contribution in [2.24, 2.45) is 5.73 Å². The number of nitrogens with two attached hydrogens (primary N) is 1. The summed E-state index contributed by atoms with van der Waals surface area (Å²) in [6, 6.07) is 3.52. The van der Waals surface area contributed by atoms with Gasteiger partial charge in [0.25, 0.3) is 5.91 Å². The van der Waals surface area contributed by atoms with Crippen molar-refractivity contribution in [3.63, 3.8) is 0 Å². The largest absolute Gasteiger partial charge is 0.340 e. The molecule has 0 aliphatic carbocycles. The van der Waals surface area contributed by atoms with Crippen LogP contribution in [0.1, 0.15) is 28.9 Å². The first kappa shape index (κ1) is 14.0. The van der Waals surface area contributed by atoms with E-state index < -0.39 is 0 Å².